The fourth-order valence-corrected chi connectivity index (χ4v) is 4.43. The normalized spacial score (nSPS) is 19.3. The van der Waals surface area contributed by atoms with Crippen LogP contribution in [-0.4, -0.2) is 38.7 Å². The minimum Gasteiger partial charge on any atom is -0.291 e. The molecule has 1 N–H and O–H groups in total. The molecule has 1 aliphatic heterocycles. The zero-order valence-corrected chi connectivity index (χ0v) is 14.0. The maximum Gasteiger partial charge on any atom is 0.215 e. The van der Waals surface area contributed by atoms with Crippen LogP contribution in [0.3, 0.4) is 0 Å². The van der Waals surface area contributed by atoms with Gasteiger partial charge < -0.3 is 0 Å². The molecule has 0 radical (unpaired) electrons. The van der Waals surface area contributed by atoms with Gasteiger partial charge in [0.15, 0.2) is 0 Å². The Balaban J connectivity index is 1.92. The fraction of sp³-hybridized carbons (Fsp3) is 0.333. The first-order chi connectivity index (χ1) is 11.1. The van der Waals surface area contributed by atoms with Crippen LogP contribution in [0.1, 0.15) is 23.6 Å². The molecule has 0 amide bonds. The third kappa shape index (κ3) is 3.47. The van der Waals surface area contributed by atoms with Gasteiger partial charge in [-0.05, 0) is 24.6 Å². The Bertz CT molecular complexity index is 693. The Morgan fingerprint density at radius 3 is 2.00 bits per heavy atom. The number of nitrogens with zero attached hydrogens (tertiary/aromatic N) is 1. The van der Waals surface area contributed by atoms with E-state index in [0.717, 1.165) is 6.54 Å². The summed E-state index contributed by atoms with van der Waals surface area (Å²) in [7, 11) is -1.73. The summed E-state index contributed by atoms with van der Waals surface area (Å²) in [5.74, 6) is 0. The molecular formula is C18H22N2O2S. The Labute approximate surface area is 138 Å². The van der Waals surface area contributed by atoms with Crippen molar-refractivity contribution in [1.82, 2.24) is 9.62 Å². The molecule has 2 aromatic carbocycles. The number of rotatable bonds is 5. The van der Waals surface area contributed by atoms with Crippen molar-refractivity contribution in [3.63, 3.8) is 0 Å². The molecule has 0 bridgehead atoms. The highest BCUT2D eigenvalue weighted by Crippen LogP contribution is 2.32. The van der Waals surface area contributed by atoms with Crippen LogP contribution < -0.4 is 4.72 Å². The van der Waals surface area contributed by atoms with Crippen molar-refractivity contribution < 1.29 is 8.42 Å². The van der Waals surface area contributed by atoms with Crippen LogP contribution >= 0.6 is 0 Å². The number of benzene rings is 2. The smallest absolute Gasteiger partial charge is 0.215 e. The fourth-order valence-electron chi connectivity index (χ4n) is 3.29. The van der Waals surface area contributed by atoms with E-state index in [1.807, 2.05) is 36.4 Å². The van der Waals surface area contributed by atoms with E-state index in [-0.39, 0.29) is 11.3 Å². The van der Waals surface area contributed by atoms with Gasteiger partial charge in [0.1, 0.15) is 0 Å². The van der Waals surface area contributed by atoms with Gasteiger partial charge in [0, 0.05) is 13.1 Å². The zero-order valence-electron chi connectivity index (χ0n) is 13.2. The molecule has 0 spiro atoms. The molecule has 1 saturated heterocycles. The molecular weight excluding hydrogens is 308 g/mol. The Morgan fingerprint density at radius 1 is 1.00 bits per heavy atom. The summed E-state index contributed by atoms with van der Waals surface area (Å²) in [6, 6.07) is 20.7. The summed E-state index contributed by atoms with van der Waals surface area (Å²) in [5.41, 5.74) is 2.39. The van der Waals surface area contributed by atoms with Crippen LogP contribution in [0.25, 0.3) is 0 Å². The topological polar surface area (TPSA) is 49.4 Å². The van der Waals surface area contributed by atoms with Crippen LogP contribution in [0.2, 0.25) is 0 Å². The van der Waals surface area contributed by atoms with Crippen LogP contribution in [0.4, 0.5) is 0 Å². The van der Waals surface area contributed by atoms with Crippen molar-refractivity contribution in [3.8, 4) is 0 Å². The molecule has 0 aromatic heterocycles. The second kappa shape index (κ2) is 6.83. The lowest BCUT2D eigenvalue weighted by molar-refractivity contribution is 0.281. The number of hydrogen-bond acceptors (Lipinski definition) is 3. The van der Waals surface area contributed by atoms with Crippen molar-refractivity contribution in [2.75, 3.05) is 20.1 Å². The zero-order chi connectivity index (χ0) is 16.3. The summed E-state index contributed by atoms with van der Waals surface area (Å²) >= 11 is 0. The molecule has 1 unspecified atom stereocenters. The number of likely N-dealkylation sites (tertiary alicyclic amines) is 1. The molecule has 0 saturated carbocycles. The molecule has 0 aliphatic carbocycles. The lowest BCUT2D eigenvalue weighted by Crippen LogP contribution is -2.35. The summed E-state index contributed by atoms with van der Waals surface area (Å²) in [6.45, 7) is 1.33. The van der Waals surface area contributed by atoms with Gasteiger partial charge >= 0.3 is 0 Å². The van der Waals surface area contributed by atoms with Gasteiger partial charge in [0.05, 0.1) is 11.3 Å². The number of nitrogens with one attached hydrogen (secondary N) is 1. The standard InChI is InChI=1S/C18H22N2O2S/c1-19-23(21,22)17-12-13-20(14-17)18(15-8-4-2-5-9-15)16-10-6-3-7-11-16/h2-11,17-19H,12-14H2,1H3. The van der Waals surface area contributed by atoms with Crippen molar-refractivity contribution in [2.45, 2.75) is 17.7 Å². The van der Waals surface area contributed by atoms with E-state index in [1.54, 1.807) is 0 Å². The van der Waals surface area contributed by atoms with Crippen molar-refractivity contribution in [2.24, 2.45) is 0 Å². The molecule has 1 aliphatic rings. The highest BCUT2D eigenvalue weighted by atomic mass is 32.2. The van der Waals surface area contributed by atoms with Crippen LogP contribution in [0.5, 0.6) is 0 Å². The van der Waals surface area contributed by atoms with Crippen molar-refractivity contribution in [1.29, 1.82) is 0 Å². The van der Waals surface area contributed by atoms with Crippen LogP contribution in [-0.2, 0) is 10.0 Å². The molecule has 1 atom stereocenters. The van der Waals surface area contributed by atoms with Gasteiger partial charge in [0.25, 0.3) is 0 Å². The Morgan fingerprint density at radius 2 is 1.52 bits per heavy atom. The molecule has 1 fully saturated rings. The van der Waals surface area contributed by atoms with Gasteiger partial charge in [-0.25, -0.2) is 13.1 Å². The summed E-state index contributed by atoms with van der Waals surface area (Å²) in [6.07, 6.45) is 0.666. The van der Waals surface area contributed by atoms with E-state index in [0.29, 0.717) is 13.0 Å². The average molecular weight is 330 g/mol. The van der Waals surface area contributed by atoms with E-state index in [2.05, 4.69) is 33.9 Å². The van der Waals surface area contributed by atoms with Gasteiger partial charge in [-0.15, -0.1) is 0 Å². The summed E-state index contributed by atoms with van der Waals surface area (Å²) in [4.78, 5) is 2.27. The SMILES string of the molecule is CNS(=O)(=O)C1CCN(C(c2ccccc2)c2ccccc2)C1. The molecule has 3 rings (SSSR count). The predicted octanol–water partition coefficient (Wildman–Crippen LogP) is 2.40. The van der Waals surface area contributed by atoms with Crippen LogP contribution in [0, 0.1) is 0 Å². The van der Waals surface area contributed by atoms with E-state index >= 15 is 0 Å². The minimum atomic E-state index is -3.22. The molecule has 1 heterocycles. The lowest BCUT2D eigenvalue weighted by Gasteiger charge is -2.29. The first-order valence-electron chi connectivity index (χ1n) is 7.88. The van der Waals surface area contributed by atoms with E-state index < -0.39 is 10.0 Å². The molecule has 2 aromatic rings. The first kappa shape index (κ1) is 16.2. The Kier molecular flexibility index (Phi) is 4.80. The predicted molar refractivity (Wildman–Crippen MR) is 92.7 cm³/mol. The number of hydrogen-bond donors (Lipinski definition) is 1. The lowest BCUT2D eigenvalue weighted by atomic mass is 9.97. The summed E-state index contributed by atoms with van der Waals surface area (Å²) in [5, 5.41) is -0.345. The third-order valence-electron chi connectivity index (χ3n) is 4.50. The van der Waals surface area contributed by atoms with Crippen LogP contribution in [0.15, 0.2) is 60.7 Å². The first-order valence-corrected chi connectivity index (χ1v) is 9.43. The molecule has 5 heteroatoms. The minimum absolute atomic E-state index is 0.0921. The highest BCUT2D eigenvalue weighted by molar-refractivity contribution is 7.90. The highest BCUT2D eigenvalue weighted by Gasteiger charge is 2.36. The van der Waals surface area contributed by atoms with Crippen molar-refractivity contribution in [3.05, 3.63) is 71.8 Å². The maximum absolute atomic E-state index is 12.1. The monoisotopic (exact) mass is 330 g/mol. The number of sulfonamides is 1. The van der Waals surface area contributed by atoms with Gasteiger partial charge in [-0.3, -0.25) is 4.90 Å². The maximum atomic E-state index is 12.1. The molecule has 122 valence electrons. The Hall–Kier alpha value is -1.69. The second-order valence-electron chi connectivity index (χ2n) is 5.88. The molecule has 4 nitrogen and oxygen atoms in total. The van der Waals surface area contributed by atoms with Gasteiger partial charge in [-0.1, -0.05) is 60.7 Å². The second-order valence-corrected chi connectivity index (χ2v) is 8.04. The third-order valence-corrected chi connectivity index (χ3v) is 6.33. The van der Waals surface area contributed by atoms with E-state index in [1.165, 1.54) is 18.2 Å². The van der Waals surface area contributed by atoms with Gasteiger partial charge in [-0.2, -0.15) is 0 Å². The van der Waals surface area contributed by atoms with E-state index in [4.69, 9.17) is 0 Å². The molecule has 23 heavy (non-hydrogen) atoms. The van der Waals surface area contributed by atoms with Crippen molar-refractivity contribution >= 4 is 10.0 Å². The average Bonchev–Trinajstić information content (AvgIpc) is 3.08. The summed E-state index contributed by atoms with van der Waals surface area (Å²) < 4.78 is 26.7. The van der Waals surface area contributed by atoms with Gasteiger partial charge in [0.2, 0.25) is 10.0 Å². The van der Waals surface area contributed by atoms with E-state index in [9.17, 15) is 8.42 Å². The quantitative estimate of drug-likeness (QED) is 0.916. The largest absolute Gasteiger partial charge is 0.291 e.